The first-order valence-corrected chi connectivity index (χ1v) is 6.58. The van der Waals surface area contributed by atoms with E-state index >= 15 is 0 Å². The lowest BCUT2D eigenvalue weighted by atomic mass is 10.1. The summed E-state index contributed by atoms with van der Waals surface area (Å²) in [7, 11) is 0. The lowest BCUT2D eigenvalue weighted by Crippen LogP contribution is -1.96. The Morgan fingerprint density at radius 2 is 1.76 bits per heavy atom. The Morgan fingerprint density at radius 3 is 2.43 bits per heavy atom. The highest BCUT2D eigenvalue weighted by Gasteiger charge is 2.12. The van der Waals surface area contributed by atoms with Crippen molar-refractivity contribution < 1.29 is 15.0 Å². The smallest absolute Gasteiger partial charge is 0.339 e. The van der Waals surface area contributed by atoms with Gasteiger partial charge in [0.2, 0.25) is 0 Å². The molecule has 0 bridgehead atoms. The van der Waals surface area contributed by atoms with Crippen LogP contribution in [0.15, 0.2) is 40.6 Å². The molecule has 5 nitrogen and oxygen atoms in total. The highest BCUT2D eigenvalue weighted by atomic mass is 35.5. The number of aromatic carboxylic acids is 1. The zero-order valence-electron chi connectivity index (χ0n) is 10.8. The summed E-state index contributed by atoms with van der Waals surface area (Å²) in [5.74, 6) is -1.57. The Balaban J connectivity index is 2.43. The molecule has 21 heavy (non-hydrogen) atoms. The van der Waals surface area contributed by atoms with Crippen LogP contribution in [0.5, 0.6) is 5.75 Å². The third-order valence-corrected chi connectivity index (χ3v) is 3.27. The maximum atomic E-state index is 11.0. The van der Waals surface area contributed by atoms with Crippen LogP contribution >= 0.6 is 23.2 Å². The minimum atomic E-state index is -1.25. The molecular weight excluding hydrogens is 315 g/mol. The highest BCUT2D eigenvalue weighted by molar-refractivity contribution is 6.35. The van der Waals surface area contributed by atoms with Gasteiger partial charge in [0.05, 0.1) is 10.7 Å². The van der Waals surface area contributed by atoms with Gasteiger partial charge in [-0.1, -0.05) is 23.2 Å². The predicted octanol–water partition coefficient (Wildman–Crippen LogP) is 5.12. The van der Waals surface area contributed by atoms with Crippen molar-refractivity contribution in [2.45, 2.75) is 6.92 Å². The SMILES string of the molecule is Cc1cc(O)c(C(=O)O)cc1/N=N/c1cc(Cl)ccc1Cl. The van der Waals surface area contributed by atoms with Crippen LogP contribution in [0.2, 0.25) is 10.0 Å². The first-order valence-electron chi connectivity index (χ1n) is 5.82. The Hall–Kier alpha value is -2.11. The molecule has 2 rings (SSSR count). The fraction of sp³-hybridized carbons (Fsp3) is 0.0714. The number of azo groups is 1. The van der Waals surface area contributed by atoms with Gasteiger partial charge in [-0.15, -0.1) is 5.11 Å². The Labute approximate surface area is 130 Å². The zero-order chi connectivity index (χ0) is 15.6. The molecule has 2 N–H and O–H groups in total. The van der Waals surface area contributed by atoms with E-state index in [2.05, 4.69) is 10.2 Å². The van der Waals surface area contributed by atoms with Gasteiger partial charge in [-0.2, -0.15) is 5.11 Å². The van der Waals surface area contributed by atoms with Crippen LogP contribution in [0.3, 0.4) is 0 Å². The molecule has 0 heterocycles. The van der Waals surface area contributed by atoms with Gasteiger partial charge in [-0.05, 0) is 42.8 Å². The van der Waals surface area contributed by atoms with E-state index in [4.69, 9.17) is 28.3 Å². The van der Waals surface area contributed by atoms with Crippen molar-refractivity contribution >= 4 is 40.5 Å². The van der Waals surface area contributed by atoms with Crippen molar-refractivity contribution in [3.05, 3.63) is 51.5 Å². The van der Waals surface area contributed by atoms with Crippen molar-refractivity contribution in [1.29, 1.82) is 0 Å². The third-order valence-electron chi connectivity index (χ3n) is 2.72. The molecule has 2 aromatic rings. The Bertz CT molecular complexity index is 745. The maximum Gasteiger partial charge on any atom is 0.339 e. The second-order valence-electron chi connectivity index (χ2n) is 4.26. The molecule has 0 unspecified atom stereocenters. The molecular formula is C14H10Cl2N2O3. The fourth-order valence-electron chi connectivity index (χ4n) is 1.63. The van der Waals surface area contributed by atoms with E-state index in [9.17, 15) is 9.90 Å². The number of aryl methyl sites for hydroxylation is 1. The molecule has 0 saturated carbocycles. The fourth-order valence-corrected chi connectivity index (χ4v) is 1.95. The number of benzene rings is 2. The second kappa shape index (κ2) is 6.11. The van der Waals surface area contributed by atoms with Crippen LogP contribution in [-0.4, -0.2) is 16.2 Å². The molecule has 0 radical (unpaired) electrons. The normalized spacial score (nSPS) is 11.0. The molecule has 0 atom stereocenters. The van der Waals surface area contributed by atoms with Crippen LogP contribution < -0.4 is 0 Å². The summed E-state index contributed by atoms with van der Waals surface area (Å²) >= 11 is 11.8. The number of hydrogen-bond acceptors (Lipinski definition) is 4. The standard InChI is InChI=1S/C14H10Cl2N2O3/c1-7-4-13(19)9(14(20)21)6-11(7)17-18-12-5-8(15)2-3-10(12)16/h2-6,19H,1H3,(H,20,21)/b18-17+. The van der Waals surface area contributed by atoms with Gasteiger partial charge in [0, 0.05) is 5.02 Å². The van der Waals surface area contributed by atoms with Crippen molar-refractivity contribution in [2.24, 2.45) is 10.2 Å². The molecule has 2 aromatic carbocycles. The largest absolute Gasteiger partial charge is 0.507 e. The zero-order valence-corrected chi connectivity index (χ0v) is 12.4. The maximum absolute atomic E-state index is 11.0. The average molecular weight is 325 g/mol. The van der Waals surface area contributed by atoms with Crippen molar-refractivity contribution in [2.75, 3.05) is 0 Å². The minimum Gasteiger partial charge on any atom is -0.507 e. The van der Waals surface area contributed by atoms with Crippen molar-refractivity contribution in [3.8, 4) is 5.75 Å². The van der Waals surface area contributed by atoms with Gasteiger partial charge in [-0.25, -0.2) is 4.79 Å². The van der Waals surface area contributed by atoms with Crippen LogP contribution in [-0.2, 0) is 0 Å². The van der Waals surface area contributed by atoms with Gasteiger partial charge in [0.25, 0.3) is 0 Å². The quantitative estimate of drug-likeness (QED) is 0.768. The van der Waals surface area contributed by atoms with Gasteiger partial charge in [-0.3, -0.25) is 0 Å². The molecule has 0 aliphatic carbocycles. The highest BCUT2D eigenvalue weighted by Crippen LogP contribution is 2.32. The minimum absolute atomic E-state index is 0.244. The van der Waals surface area contributed by atoms with Crippen LogP contribution in [0.4, 0.5) is 11.4 Å². The molecule has 0 fully saturated rings. The van der Waals surface area contributed by atoms with Crippen LogP contribution in [0.25, 0.3) is 0 Å². The number of nitrogens with zero attached hydrogens (tertiary/aromatic N) is 2. The number of rotatable bonds is 3. The van der Waals surface area contributed by atoms with Gasteiger partial charge in [0.15, 0.2) is 0 Å². The number of hydrogen-bond donors (Lipinski definition) is 2. The molecule has 0 saturated heterocycles. The summed E-state index contributed by atoms with van der Waals surface area (Å²) in [5.41, 5.74) is 1.03. The number of halogens is 2. The number of carboxylic acid groups (broad SMARTS) is 1. The van der Waals surface area contributed by atoms with E-state index in [0.29, 0.717) is 27.0 Å². The van der Waals surface area contributed by atoms with Gasteiger partial charge in [0.1, 0.15) is 17.0 Å². The Kier molecular flexibility index (Phi) is 4.45. The number of carboxylic acids is 1. The molecule has 7 heteroatoms. The van der Waals surface area contributed by atoms with E-state index in [1.807, 2.05) is 0 Å². The molecule has 0 spiro atoms. The lowest BCUT2D eigenvalue weighted by molar-refractivity contribution is 0.0694. The van der Waals surface area contributed by atoms with Crippen molar-refractivity contribution in [3.63, 3.8) is 0 Å². The molecule has 0 aromatic heterocycles. The molecule has 108 valence electrons. The number of aromatic hydroxyl groups is 1. The Morgan fingerprint density at radius 1 is 1.10 bits per heavy atom. The monoisotopic (exact) mass is 324 g/mol. The predicted molar refractivity (Wildman–Crippen MR) is 80.4 cm³/mol. The topological polar surface area (TPSA) is 82.2 Å². The van der Waals surface area contributed by atoms with E-state index in [0.717, 1.165) is 0 Å². The van der Waals surface area contributed by atoms with Gasteiger partial charge >= 0.3 is 5.97 Å². The lowest BCUT2D eigenvalue weighted by Gasteiger charge is -2.04. The van der Waals surface area contributed by atoms with Gasteiger partial charge < -0.3 is 10.2 Å². The second-order valence-corrected chi connectivity index (χ2v) is 5.10. The first-order chi connectivity index (χ1) is 9.88. The average Bonchev–Trinajstić information content (AvgIpc) is 2.41. The van der Waals surface area contributed by atoms with Crippen LogP contribution in [0.1, 0.15) is 15.9 Å². The van der Waals surface area contributed by atoms with Crippen molar-refractivity contribution in [1.82, 2.24) is 0 Å². The molecule has 0 aliphatic heterocycles. The molecule has 0 amide bonds. The van der Waals surface area contributed by atoms with E-state index in [1.165, 1.54) is 12.1 Å². The molecule has 0 aliphatic rings. The summed E-state index contributed by atoms with van der Waals surface area (Å²) in [6.45, 7) is 1.68. The van der Waals surface area contributed by atoms with Crippen LogP contribution in [0, 0.1) is 6.92 Å². The summed E-state index contributed by atoms with van der Waals surface area (Å²) < 4.78 is 0. The number of carbonyl (C=O) groups is 1. The summed E-state index contributed by atoms with van der Waals surface area (Å²) in [4.78, 5) is 11.0. The van der Waals surface area contributed by atoms with E-state index in [-0.39, 0.29) is 11.3 Å². The first kappa shape index (κ1) is 15.3. The third kappa shape index (κ3) is 3.51. The summed E-state index contributed by atoms with van der Waals surface area (Å²) in [6.07, 6.45) is 0. The summed E-state index contributed by atoms with van der Waals surface area (Å²) in [5, 5.41) is 27.3. The van der Waals surface area contributed by atoms with E-state index < -0.39 is 5.97 Å². The number of phenols is 1. The van der Waals surface area contributed by atoms with E-state index in [1.54, 1.807) is 25.1 Å². The summed E-state index contributed by atoms with van der Waals surface area (Å²) in [6, 6.07) is 7.31.